The molecule has 2 heterocycles. The summed E-state index contributed by atoms with van der Waals surface area (Å²) < 4.78 is 0. The summed E-state index contributed by atoms with van der Waals surface area (Å²) in [7, 11) is 0. The zero-order valence-electron chi connectivity index (χ0n) is 7.00. The molecule has 0 saturated heterocycles. The zero-order valence-corrected chi connectivity index (χ0v) is 7.00. The summed E-state index contributed by atoms with van der Waals surface area (Å²) >= 11 is 0. The first kappa shape index (κ1) is 8.92. The van der Waals surface area contributed by atoms with Gasteiger partial charge >= 0.3 is 5.95 Å². The highest BCUT2D eigenvalue weighted by Gasteiger charge is 2.17. The maximum absolute atomic E-state index is 10.2. The number of nitro groups is 1. The lowest BCUT2D eigenvalue weighted by Gasteiger charge is -1.90. The molecule has 15 heavy (non-hydrogen) atoms. The second-order valence-corrected chi connectivity index (χ2v) is 2.36. The Morgan fingerprint density at radius 1 is 1.40 bits per heavy atom. The van der Waals surface area contributed by atoms with Crippen LogP contribution in [0.1, 0.15) is 5.82 Å². The smallest absolute Gasteiger partial charge is 0.409 e. The number of aromatic nitrogens is 8. The molecule has 1 N–H and O–H groups in total. The van der Waals surface area contributed by atoms with Crippen LogP contribution in [-0.2, 0) is 6.54 Å². The number of nitrogens with zero attached hydrogens (tertiary/aromatic N) is 9. The summed E-state index contributed by atoms with van der Waals surface area (Å²) in [5.41, 5.74) is 0. The summed E-state index contributed by atoms with van der Waals surface area (Å²) in [5.74, 6) is -0.603. The second-order valence-electron chi connectivity index (χ2n) is 2.36. The zero-order chi connectivity index (χ0) is 10.8. The van der Waals surface area contributed by atoms with E-state index in [1.165, 1.54) is 0 Å². The molecular formula is C3H3N9O3. The Balaban J connectivity index is 2.18. The fourth-order valence-electron chi connectivity index (χ4n) is 0.797. The Kier molecular flexibility index (Phi) is 1.93. The summed E-state index contributed by atoms with van der Waals surface area (Å²) in [4.78, 5) is 10.7. The van der Waals surface area contributed by atoms with E-state index in [0.717, 1.165) is 4.80 Å². The molecule has 0 aromatic carbocycles. The first-order valence-corrected chi connectivity index (χ1v) is 3.55. The Morgan fingerprint density at radius 3 is 2.73 bits per heavy atom. The Hall–Kier alpha value is -2.66. The van der Waals surface area contributed by atoms with Crippen LogP contribution < -0.4 is 0 Å². The summed E-state index contributed by atoms with van der Waals surface area (Å²) in [6.45, 7) is -0.121. The summed E-state index contributed by atoms with van der Waals surface area (Å²) in [6, 6.07) is 0. The monoisotopic (exact) mass is 213 g/mol. The van der Waals surface area contributed by atoms with E-state index in [0.29, 0.717) is 4.85 Å². The molecule has 2 aromatic rings. The van der Waals surface area contributed by atoms with E-state index in [1.54, 1.807) is 0 Å². The van der Waals surface area contributed by atoms with Crippen molar-refractivity contribution in [3.05, 3.63) is 15.9 Å². The molecule has 12 nitrogen and oxygen atoms in total. The van der Waals surface area contributed by atoms with Gasteiger partial charge in [-0.3, -0.25) is 0 Å². The lowest BCUT2D eigenvalue weighted by molar-refractivity contribution is -0.394. The third-order valence-electron chi connectivity index (χ3n) is 1.40. The van der Waals surface area contributed by atoms with Gasteiger partial charge in [-0.1, -0.05) is 9.64 Å². The van der Waals surface area contributed by atoms with Gasteiger partial charge in [0.1, 0.15) is 6.54 Å². The van der Waals surface area contributed by atoms with Crippen LogP contribution >= 0.6 is 0 Å². The predicted molar refractivity (Wildman–Crippen MR) is 38.6 cm³/mol. The van der Waals surface area contributed by atoms with E-state index in [9.17, 15) is 10.1 Å². The highest BCUT2D eigenvalue weighted by molar-refractivity contribution is 4.93. The minimum absolute atomic E-state index is 0.0299. The molecule has 12 heteroatoms. The molecular weight excluding hydrogens is 210 g/mol. The molecule has 0 unspecified atom stereocenters. The lowest BCUT2D eigenvalue weighted by atomic mass is 10.6. The number of hydrogen-bond donors (Lipinski definition) is 1. The van der Waals surface area contributed by atoms with Gasteiger partial charge in [0, 0.05) is 5.21 Å². The van der Waals surface area contributed by atoms with Gasteiger partial charge in [-0.05, 0) is 15.4 Å². The van der Waals surface area contributed by atoms with Crippen LogP contribution in [0, 0.1) is 10.1 Å². The molecule has 0 atom stereocenters. The third kappa shape index (κ3) is 1.67. The van der Waals surface area contributed by atoms with Crippen LogP contribution in [0.4, 0.5) is 5.95 Å². The van der Waals surface area contributed by atoms with E-state index in [2.05, 4.69) is 30.9 Å². The number of hydrogen-bond acceptors (Lipinski definition) is 9. The number of tetrazole rings is 2. The molecule has 0 amide bonds. The van der Waals surface area contributed by atoms with Crippen LogP contribution in [0.25, 0.3) is 0 Å². The van der Waals surface area contributed by atoms with Crippen LogP contribution in [0.3, 0.4) is 0 Å². The molecule has 2 rings (SSSR count). The highest BCUT2D eigenvalue weighted by atomic mass is 16.6. The van der Waals surface area contributed by atoms with Gasteiger partial charge in [0.05, 0.1) is 10.2 Å². The van der Waals surface area contributed by atoms with Crippen molar-refractivity contribution in [1.82, 2.24) is 40.6 Å². The molecule has 0 aliphatic heterocycles. The fourth-order valence-corrected chi connectivity index (χ4v) is 0.797. The summed E-state index contributed by atoms with van der Waals surface area (Å²) in [5, 5.41) is 38.8. The standard InChI is InChI=1S/C3H3N9O3/c13-11-2(4-7-9-11)1-10-6-3(5-8-10)12(14)15/h13H,1H2. The van der Waals surface area contributed by atoms with Crippen LogP contribution in [-0.4, -0.2) is 50.7 Å². The molecule has 0 aliphatic carbocycles. The van der Waals surface area contributed by atoms with Gasteiger partial charge in [-0.2, -0.15) is 0 Å². The Labute approximate surface area is 80.2 Å². The number of rotatable bonds is 3. The van der Waals surface area contributed by atoms with Crippen molar-refractivity contribution < 1.29 is 10.1 Å². The van der Waals surface area contributed by atoms with E-state index >= 15 is 0 Å². The highest BCUT2D eigenvalue weighted by Crippen LogP contribution is 1.98. The molecule has 78 valence electrons. The van der Waals surface area contributed by atoms with Crippen LogP contribution in [0.15, 0.2) is 0 Å². The molecule has 0 spiro atoms. The van der Waals surface area contributed by atoms with Crippen molar-refractivity contribution in [3.63, 3.8) is 0 Å². The SMILES string of the molecule is O=[N+]([O-])c1nnn(Cc2nnnn2O)n1. The van der Waals surface area contributed by atoms with Gasteiger partial charge in [0.15, 0.2) is 0 Å². The van der Waals surface area contributed by atoms with Crippen molar-refractivity contribution in [1.29, 1.82) is 0 Å². The van der Waals surface area contributed by atoms with Crippen molar-refractivity contribution in [3.8, 4) is 0 Å². The average molecular weight is 213 g/mol. The van der Waals surface area contributed by atoms with Crippen LogP contribution in [0.2, 0.25) is 0 Å². The fraction of sp³-hybridized carbons (Fsp3) is 0.333. The maximum atomic E-state index is 10.2. The van der Waals surface area contributed by atoms with Crippen molar-refractivity contribution in [2.75, 3.05) is 0 Å². The van der Waals surface area contributed by atoms with Crippen molar-refractivity contribution in [2.24, 2.45) is 0 Å². The minimum atomic E-state index is -0.786. The van der Waals surface area contributed by atoms with Gasteiger partial charge in [-0.25, -0.2) is 0 Å². The minimum Gasteiger partial charge on any atom is -0.409 e. The molecule has 0 radical (unpaired) electrons. The Morgan fingerprint density at radius 2 is 2.20 bits per heavy atom. The Bertz CT molecular complexity index is 486. The average Bonchev–Trinajstić information content (AvgIpc) is 2.77. The second kappa shape index (κ2) is 3.24. The molecule has 2 aromatic heterocycles. The van der Waals surface area contributed by atoms with Gasteiger partial charge in [0.2, 0.25) is 5.82 Å². The molecule has 0 saturated carbocycles. The van der Waals surface area contributed by atoms with E-state index < -0.39 is 10.9 Å². The lowest BCUT2D eigenvalue weighted by Crippen LogP contribution is -2.10. The van der Waals surface area contributed by atoms with E-state index in [-0.39, 0.29) is 12.4 Å². The maximum Gasteiger partial charge on any atom is 0.514 e. The third-order valence-corrected chi connectivity index (χ3v) is 1.40. The van der Waals surface area contributed by atoms with E-state index in [4.69, 9.17) is 5.21 Å². The molecule has 0 bridgehead atoms. The molecule has 0 fully saturated rings. The normalized spacial score (nSPS) is 10.4. The first-order chi connectivity index (χ1) is 7.16. The predicted octanol–water partition coefficient (Wildman–Crippen LogP) is -2.15. The van der Waals surface area contributed by atoms with Gasteiger partial charge in [0.25, 0.3) is 0 Å². The quantitative estimate of drug-likeness (QED) is 0.341. The summed E-state index contributed by atoms with van der Waals surface area (Å²) in [6.07, 6.45) is 0. The van der Waals surface area contributed by atoms with Gasteiger partial charge < -0.3 is 15.3 Å². The topological polar surface area (TPSA) is 151 Å². The van der Waals surface area contributed by atoms with Crippen molar-refractivity contribution in [2.45, 2.75) is 6.54 Å². The molecule has 0 aliphatic rings. The van der Waals surface area contributed by atoms with E-state index in [1.807, 2.05) is 0 Å². The van der Waals surface area contributed by atoms with Crippen molar-refractivity contribution >= 4 is 5.95 Å². The van der Waals surface area contributed by atoms with Gasteiger partial charge in [-0.15, -0.1) is 5.10 Å². The largest absolute Gasteiger partial charge is 0.514 e. The van der Waals surface area contributed by atoms with Crippen LogP contribution in [0.5, 0.6) is 0 Å². The first-order valence-electron chi connectivity index (χ1n) is 3.55.